The van der Waals surface area contributed by atoms with Gasteiger partial charge in [0.1, 0.15) is 0 Å². The van der Waals surface area contributed by atoms with E-state index < -0.39 is 10.0 Å². The number of nitrogens with one attached hydrogen (secondary N) is 2. The van der Waals surface area contributed by atoms with Gasteiger partial charge in [-0.15, -0.1) is 0 Å². The van der Waals surface area contributed by atoms with E-state index in [2.05, 4.69) is 15.2 Å². The van der Waals surface area contributed by atoms with Crippen LogP contribution in [0.5, 0.6) is 0 Å². The second-order valence-electron chi connectivity index (χ2n) is 4.40. The van der Waals surface area contributed by atoms with Gasteiger partial charge in [0, 0.05) is 11.6 Å². The van der Waals surface area contributed by atoms with Crippen molar-refractivity contribution >= 4 is 15.9 Å². The summed E-state index contributed by atoms with van der Waals surface area (Å²) in [4.78, 5) is 0. The Hall–Kier alpha value is -1.08. The van der Waals surface area contributed by atoms with Crippen molar-refractivity contribution in [2.75, 3.05) is 17.0 Å². The van der Waals surface area contributed by atoms with E-state index in [4.69, 9.17) is 4.52 Å². The Kier molecular flexibility index (Phi) is 3.39. The van der Waals surface area contributed by atoms with Gasteiger partial charge in [-0.1, -0.05) is 5.16 Å². The Morgan fingerprint density at radius 2 is 2.29 bits per heavy atom. The highest BCUT2D eigenvalue weighted by atomic mass is 32.2. The smallest absolute Gasteiger partial charge is 0.241 e. The standard InChI is InChI=1S/C10H17N3O3S/c1-7-8(2)12-16-10(7)13-17(14,15)6-9-4-3-5-11-9/h9,11,13H,3-6H2,1-2H3. The molecule has 1 unspecified atom stereocenters. The van der Waals surface area contributed by atoms with Crippen molar-refractivity contribution in [3.05, 3.63) is 11.3 Å². The molecule has 6 nitrogen and oxygen atoms in total. The van der Waals surface area contributed by atoms with E-state index in [0.717, 1.165) is 24.9 Å². The van der Waals surface area contributed by atoms with E-state index >= 15 is 0 Å². The third-order valence-corrected chi connectivity index (χ3v) is 4.33. The summed E-state index contributed by atoms with van der Waals surface area (Å²) in [5.41, 5.74) is 1.43. The molecule has 0 saturated carbocycles. The van der Waals surface area contributed by atoms with Gasteiger partial charge in [-0.2, -0.15) is 0 Å². The predicted octanol–water partition coefficient (Wildman–Crippen LogP) is 0.785. The fourth-order valence-corrected chi connectivity index (χ4v) is 3.23. The van der Waals surface area contributed by atoms with Crippen LogP contribution in [-0.4, -0.2) is 31.9 Å². The molecule has 0 radical (unpaired) electrons. The number of hydrogen-bond donors (Lipinski definition) is 2. The lowest BCUT2D eigenvalue weighted by Crippen LogP contribution is -2.32. The highest BCUT2D eigenvalue weighted by Crippen LogP contribution is 2.19. The fraction of sp³-hybridized carbons (Fsp3) is 0.700. The first kappa shape index (κ1) is 12.4. The molecular weight excluding hydrogens is 242 g/mol. The predicted molar refractivity (Wildman–Crippen MR) is 64.4 cm³/mol. The van der Waals surface area contributed by atoms with Crippen molar-refractivity contribution in [3.63, 3.8) is 0 Å². The summed E-state index contributed by atoms with van der Waals surface area (Å²) in [5, 5.41) is 6.87. The summed E-state index contributed by atoms with van der Waals surface area (Å²) in [6.45, 7) is 4.44. The fourth-order valence-electron chi connectivity index (χ4n) is 1.86. The van der Waals surface area contributed by atoms with E-state index in [-0.39, 0.29) is 17.7 Å². The number of sulfonamides is 1. The van der Waals surface area contributed by atoms with Gasteiger partial charge in [0.05, 0.1) is 11.4 Å². The molecule has 0 spiro atoms. The molecule has 0 aliphatic carbocycles. The average molecular weight is 259 g/mol. The number of nitrogens with zero attached hydrogens (tertiary/aromatic N) is 1. The Balaban J connectivity index is 2.04. The third kappa shape index (κ3) is 2.98. The molecule has 2 rings (SSSR count). The van der Waals surface area contributed by atoms with E-state index in [9.17, 15) is 8.42 Å². The largest absolute Gasteiger partial charge is 0.337 e. The van der Waals surface area contributed by atoms with Crippen molar-refractivity contribution in [2.45, 2.75) is 32.7 Å². The van der Waals surface area contributed by atoms with Crippen molar-refractivity contribution < 1.29 is 12.9 Å². The first-order chi connectivity index (χ1) is 7.98. The van der Waals surface area contributed by atoms with Crippen molar-refractivity contribution in [3.8, 4) is 0 Å². The van der Waals surface area contributed by atoms with Crippen LogP contribution in [0.1, 0.15) is 24.1 Å². The summed E-state index contributed by atoms with van der Waals surface area (Å²) < 4.78 is 31.1. The van der Waals surface area contributed by atoms with Crippen molar-refractivity contribution in [1.29, 1.82) is 0 Å². The van der Waals surface area contributed by atoms with Crippen LogP contribution >= 0.6 is 0 Å². The van der Waals surface area contributed by atoms with E-state index in [1.807, 2.05) is 0 Å². The molecule has 1 aliphatic heterocycles. The number of anilines is 1. The number of aromatic nitrogens is 1. The minimum Gasteiger partial charge on any atom is -0.337 e. The number of hydrogen-bond acceptors (Lipinski definition) is 5. The Bertz CT molecular complexity index is 489. The van der Waals surface area contributed by atoms with Crippen LogP contribution in [-0.2, 0) is 10.0 Å². The van der Waals surface area contributed by atoms with E-state index in [0.29, 0.717) is 5.69 Å². The molecular formula is C10H17N3O3S. The molecule has 2 heterocycles. The highest BCUT2D eigenvalue weighted by Gasteiger charge is 2.23. The molecule has 17 heavy (non-hydrogen) atoms. The molecule has 96 valence electrons. The maximum atomic E-state index is 11.9. The average Bonchev–Trinajstić information content (AvgIpc) is 2.83. The second-order valence-corrected chi connectivity index (χ2v) is 6.17. The van der Waals surface area contributed by atoms with Crippen LogP contribution in [0.4, 0.5) is 5.88 Å². The summed E-state index contributed by atoms with van der Waals surface area (Å²) in [5.74, 6) is 0.298. The molecule has 7 heteroatoms. The molecule has 1 aromatic heterocycles. The Labute approximate surface area is 101 Å². The van der Waals surface area contributed by atoms with Gasteiger partial charge in [0.2, 0.25) is 15.9 Å². The molecule has 0 bridgehead atoms. The van der Waals surface area contributed by atoms with Gasteiger partial charge in [0.25, 0.3) is 0 Å². The first-order valence-corrected chi connectivity index (χ1v) is 7.30. The van der Waals surface area contributed by atoms with E-state index in [1.54, 1.807) is 13.8 Å². The quantitative estimate of drug-likeness (QED) is 0.835. The zero-order valence-electron chi connectivity index (χ0n) is 9.99. The molecule has 1 saturated heterocycles. The van der Waals surface area contributed by atoms with Crippen LogP contribution in [0.25, 0.3) is 0 Å². The number of aryl methyl sites for hydroxylation is 1. The lowest BCUT2D eigenvalue weighted by Gasteiger charge is -2.11. The third-order valence-electron chi connectivity index (χ3n) is 2.99. The topological polar surface area (TPSA) is 84.2 Å². The maximum Gasteiger partial charge on any atom is 0.241 e. The maximum absolute atomic E-state index is 11.9. The Morgan fingerprint density at radius 3 is 2.82 bits per heavy atom. The minimum atomic E-state index is -3.37. The lowest BCUT2D eigenvalue weighted by molar-refractivity contribution is 0.430. The van der Waals surface area contributed by atoms with Crippen molar-refractivity contribution in [1.82, 2.24) is 10.5 Å². The molecule has 1 atom stereocenters. The summed E-state index contributed by atoms with van der Waals surface area (Å²) in [6, 6.07) is 0.0387. The first-order valence-electron chi connectivity index (χ1n) is 5.65. The van der Waals surface area contributed by atoms with Gasteiger partial charge in [0.15, 0.2) is 0 Å². The molecule has 0 amide bonds. The van der Waals surface area contributed by atoms with Crippen LogP contribution in [0.2, 0.25) is 0 Å². The summed E-state index contributed by atoms with van der Waals surface area (Å²) >= 11 is 0. The minimum absolute atomic E-state index is 0.0387. The van der Waals surface area contributed by atoms with Gasteiger partial charge < -0.3 is 9.84 Å². The van der Waals surface area contributed by atoms with Gasteiger partial charge in [-0.05, 0) is 33.2 Å². The summed E-state index contributed by atoms with van der Waals surface area (Å²) in [6.07, 6.45) is 1.93. The molecule has 0 aromatic carbocycles. The number of rotatable bonds is 4. The van der Waals surface area contributed by atoms with Crippen molar-refractivity contribution in [2.24, 2.45) is 0 Å². The van der Waals surface area contributed by atoms with Crippen LogP contribution < -0.4 is 10.0 Å². The normalized spacial score (nSPS) is 20.7. The SMILES string of the molecule is Cc1noc(NS(=O)(=O)CC2CCCN2)c1C. The van der Waals surface area contributed by atoms with Gasteiger partial charge >= 0.3 is 0 Å². The van der Waals surface area contributed by atoms with Crippen LogP contribution in [0, 0.1) is 13.8 Å². The summed E-state index contributed by atoms with van der Waals surface area (Å²) in [7, 11) is -3.37. The van der Waals surface area contributed by atoms with Crippen LogP contribution in [0.15, 0.2) is 4.52 Å². The second kappa shape index (κ2) is 4.66. The molecule has 1 aromatic rings. The zero-order chi connectivity index (χ0) is 12.5. The van der Waals surface area contributed by atoms with Gasteiger partial charge in [-0.3, -0.25) is 4.72 Å². The Morgan fingerprint density at radius 1 is 1.53 bits per heavy atom. The van der Waals surface area contributed by atoms with Gasteiger partial charge in [-0.25, -0.2) is 8.42 Å². The van der Waals surface area contributed by atoms with Crippen LogP contribution in [0.3, 0.4) is 0 Å². The zero-order valence-corrected chi connectivity index (χ0v) is 10.8. The molecule has 1 fully saturated rings. The molecule has 2 N–H and O–H groups in total. The monoisotopic (exact) mass is 259 g/mol. The van der Waals surface area contributed by atoms with E-state index in [1.165, 1.54) is 0 Å². The highest BCUT2D eigenvalue weighted by molar-refractivity contribution is 7.92. The molecule has 1 aliphatic rings. The lowest BCUT2D eigenvalue weighted by atomic mass is 10.3.